The molecule has 0 aliphatic heterocycles. The van der Waals surface area contributed by atoms with E-state index in [0.717, 1.165) is 31.4 Å². The van der Waals surface area contributed by atoms with E-state index >= 15 is 0 Å². The minimum atomic E-state index is -4.25. The molecule has 2 unspecified atom stereocenters. The quantitative estimate of drug-likeness (QED) is 0.611. The standard InChI is InChI=1S/C23H22F2N2O5S/c1-31-23(28)16-5-6-19(26-12-16)13-32-22-8-15-4-2-3-14(15)7-21(22)27-33(29,30)20-10-17(24)9-18(25)11-20/h5-12,14-15,27H,2-4,13H2,1H3. The number of sulfonamides is 1. The number of nitrogens with zero attached hydrogens (tertiary/aromatic N) is 1. The van der Waals surface area contributed by atoms with Crippen molar-refractivity contribution in [1.82, 2.24) is 9.71 Å². The SMILES string of the molecule is COC(=O)c1ccc(COC2=CC3CCCC3C=C2NS(=O)(=O)c2cc(F)cc(F)c2)nc1. The average molecular weight is 477 g/mol. The molecule has 0 spiro atoms. The highest BCUT2D eigenvalue weighted by atomic mass is 32.2. The Balaban J connectivity index is 1.54. The lowest BCUT2D eigenvalue weighted by atomic mass is 9.90. The molecule has 2 atom stereocenters. The first-order valence-electron chi connectivity index (χ1n) is 10.3. The van der Waals surface area contributed by atoms with Gasteiger partial charge in [0.2, 0.25) is 0 Å². The maximum absolute atomic E-state index is 13.6. The molecule has 0 saturated heterocycles. The van der Waals surface area contributed by atoms with E-state index in [2.05, 4.69) is 14.4 Å². The predicted molar refractivity (Wildman–Crippen MR) is 114 cm³/mol. The fourth-order valence-corrected chi connectivity index (χ4v) is 5.12. The topological polar surface area (TPSA) is 94.6 Å². The fraction of sp³-hybridized carbons (Fsp3) is 0.304. The van der Waals surface area contributed by atoms with E-state index in [-0.39, 0.29) is 24.1 Å². The van der Waals surface area contributed by atoms with Gasteiger partial charge in [-0.05, 0) is 55.0 Å². The largest absolute Gasteiger partial charge is 0.485 e. The van der Waals surface area contributed by atoms with Crippen LogP contribution in [0.4, 0.5) is 8.78 Å². The van der Waals surface area contributed by atoms with Gasteiger partial charge in [-0.1, -0.05) is 12.5 Å². The number of hydrogen-bond acceptors (Lipinski definition) is 6. The molecule has 2 aromatic rings. The number of pyridine rings is 1. The third kappa shape index (κ3) is 5.22. The van der Waals surface area contributed by atoms with E-state index in [1.807, 2.05) is 6.08 Å². The normalized spacial score (nSPS) is 19.8. The molecule has 2 aliphatic carbocycles. The van der Waals surface area contributed by atoms with Gasteiger partial charge < -0.3 is 9.47 Å². The van der Waals surface area contributed by atoms with Crippen LogP contribution in [0.2, 0.25) is 0 Å². The highest BCUT2D eigenvalue weighted by molar-refractivity contribution is 7.89. The van der Waals surface area contributed by atoms with Crippen LogP contribution in [0.1, 0.15) is 35.3 Å². The number of methoxy groups -OCH3 is 1. The lowest BCUT2D eigenvalue weighted by Gasteiger charge is -2.25. The van der Waals surface area contributed by atoms with Gasteiger partial charge in [0.25, 0.3) is 10.0 Å². The number of esters is 1. The number of benzene rings is 1. The molecule has 1 fully saturated rings. The van der Waals surface area contributed by atoms with Crippen LogP contribution in [-0.4, -0.2) is 26.5 Å². The number of carbonyl (C=O) groups excluding carboxylic acids is 1. The molecule has 10 heteroatoms. The molecular weight excluding hydrogens is 454 g/mol. The Morgan fingerprint density at radius 1 is 1.12 bits per heavy atom. The van der Waals surface area contributed by atoms with Gasteiger partial charge in [-0.25, -0.2) is 22.0 Å². The van der Waals surface area contributed by atoms with Crippen LogP contribution >= 0.6 is 0 Å². The summed E-state index contributed by atoms with van der Waals surface area (Å²) in [5.74, 6) is -1.80. The summed E-state index contributed by atoms with van der Waals surface area (Å²) < 4.78 is 65.8. The van der Waals surface area contributed by atoms with Crippen LogP contribution in [0.15, 0.2) is 65.0 Å². The summed E-state index contributed by atoms with van der Waals surface area (Å²) in [6.07, 6.45) is 7.91. The van der Waals surface area contributed by atoms with Crippen molar-refractivity contribution in [3.63, 3.8) is 0 Å². The van der Waals surface area contributed by atoms with Crippen molar-refractivity contribution < 1.29 is 31.5 Å². The van der Waals surface area contributed by atoms with Gasteiger partial charge in [0, 0.05) is 12.3 Å². The van der Waals surface area contributed by atoms with E-state index in [1.54, 1.807) is 18.2 Å². The van der Waals surface area contributed by atoms with Crippen molar-refractivity contribution in [1.29, 1.82) is 0 Å². The number of ether oxygens (including phenoxy) is 2. The second-order valence-electron chi connectivity index (χ2n) is 7.90. The van der Waals surface area contributed by atoms with Crippen molar-refractivity contribution in [3.05, 3.63) is 83.0 Å². The lowest BCUT2D eigenvalue weighted by molar-refractivity contribution is 0.0600. The van der Waals surface area contributed by atoms with Crippen molar-refractivity contribution in [2.45, 2.75) is 30.8 Å². The molecule has 1 aromatic carbocycles. The van der Waals surface area contributed by atoms with Crippen molar-refractivity contribution in [2.24, 2.45) is 11.8 Å². The number of carbonyl (C=O) groups is 1. The molecule has 0 amide bonds. The van der Waals surface area contributed by atoms with Crippen molar-refractivity contribution in [2.75, 3.05) is 7.11 Å². The molecule has 1 aromatic heterocycles. The summed E-state index contributed by atoms with van der Waals surface area (Å²) in [6.45, 7) is 0.0261. The van der Waals surface area contributed by atoms with E-state index < -0.39 is 32.5 Å². The molecule has 174 valence electrons. The number of aromatic nitrogens is 1. The molecule has 0 radical (unpaired) electrons. The van der Waals surface area contributed by atoms with Crippen molar-refractivity contribution in [3.8, 4) is 0 Å². The molecule has 33 heavy (non-hydrogen) atoms. The van der Waals surface area contributed by atoms with E-state index in [4.69, 9.17) is 4.74 Å². The molecule has 1 saturated carbocycles. The van der Waals surface area contributed by atoms with Crippen LogP contribution in [-0.2, 0) is 26.1 Å². The number of allylic oxidation sites excluding steroid dienone is 2. The van der Waals surface area contributed by atoms with Crippen LogP contribution in [0.25, 0.3) is 0 Å². The van der Waals surface area contributed by atoms with Gasteiger partial charge in [-0.2, -0.15) is 0 Å². The minimum Gasteiger partial charge on any atom is -0.485 e. The van der Waals surface area contributed by atoms with Crippen molar-refractivity contribution >= 4 is 16.0 Å². The number of rotatable bonds is 7. The summed E-state index contributed by atoms with van der Waals surface area (Å²) in [5, 5.41) is 0. The Kier molecular flexibility index (Phi) is 6.46. The highest BCUT2D eigenvalue weighted by Gasteiger charge is 2.32. The molecule has 1 heterocycles. The maximum Gasteiger partial charge on any atom is 0.339 e. The smallest absolute Gasteiger partial charge is 0.339 e. The summed E-state index contributed by atoms with van der Waals surface area (Å²) in [6, 6.07) is 5.28. The number of halogens is 2. The maximum atomic E-state index is 13.6. The Morgan fingerprint density at radius 2 is 1.82 bits per heavy atom. The molecule has 4 rings (SSSR count). The second kappa shape index (κ2) is 9.30. The van der Waals surface area contributed by atoms with Gasteiger partial charge in [-0.15, -0.1) is 0 Å². The second-order valence-corrected chi connectivity index (χ2v) is 9.58. The Hall–Kier alpha value is -3.27. The van der Waals surface area contributed by atoms with Gasteiger partial charge in [0.05, 0.1) is 29.0 Å². The summed E-state index contributed by atoms with van der Waals surface area (Å²) >= 11 is 0. The van der Waals surface area contributed by atoms with Gasteiger partial charge in [0.1, 0.15) is 24.0 Å². The lowest BCUT2D eigenvalue weighted by Crippen LogP contribution is -2.28. The molecule has 1 N–H and O–H groups in total. The highest BCUT2D eigenvalue weighted by Crippen LogP contribution is 2.39. The first-order chi connectivity index (χ1) is 15.7. The minimum absolute atomic E-state index is 0.0261. The van der Waals surface area contributed by atoms with Crippen LogP contribution < -0.4 is 4.72 Å². The molecule has 2 aliphatic rings. The van der Waals surface area contributed by atoms with Crippen LogP contribution in [0, 0.1) is 23.5 Å². The first-order valence-corrected chi connectivity index (χ1v) is 11.8. The summed E-state index contributed by atoms with van der Waals surface area (Å²) in [4.78, 5) is 15.2. The van der Waals surface area contributed by atoms with Gasteiger partial charge >= 0.3 is 5.97 Å². The van der Waals surface area contributed by atoms with Crippen LogP contribution in [0.5, 0.6) is 0 Å². The van der Waals surface area contributed by atoms with E-state index in [0.29, 0.717) is 23.1 Å². The van der Waals surface area contributed by atoms with Crippen LogP contribution in [0.3, 0.4) is 0 Å². The number of fused-ring (bicyclic) bond motifs is 1. The van der Waals surface area contributed by atoms with Gasteiger partial charge in [0.15, 0.2) is 0 Å². The summed E-state index contributed by atoms with van der Waals surface area (Å²) in [7, 11) is -2.98. The summed E-state index contributed by atoms with van der Waals surface area (Å²) in [5.41, 5.74) is 1.03. The first kappa shape index (κ1) is 22.9. The van der Waals surface area contributed by atoms with E-state index in [9.17, 15) is 22.0 Å². The third-order valence-corrected chi connectivity index (χ3v) is 6.99. The average Bonchev–Trinajstić information content (AvgIpc) is 3.23. The number of hydrogen-bond donors (Lipinski definition) is 1. The fourth-order valence-electron chi connectivity index (χ4n) is 4.01. The monoisotopic (exact) mass is 476 g/mol. The van der Waals surface area contributed by atoms with Gasteiger partial charge in [-0.3, -0.25) is 9.71 Å². The predicted octanol–water partition coefficient (Wildman–Crippen LogP) is 3.84. The van der Waals surface area contributed by atoms with E-state index in [1.165, 1.54) is 13.3 Å². The molecule has 0 bridgehead atoms. The Morgan fingerprint density at radius 3 is 2.45 bits per heavy atom. The molecular formula is C23H22F2N2O5S. The third-order valence-electron chi connectivity index (χ3n) is 5.65. The Bertz CT molecular complexity index is 1210. The zero-order valence-electron chi connectivity index (χ0n) is 17.8. The molecule has 7 nitrogen and oxygen atoms in total. The zero-order chi connectivity index (χ0) is 23.6. The Labute approximate surface area is 190 Å². The zero-order valence-corrected chi connectivity index (χ0v) is 18.6. The number of nitrogens with one attached hydrogen (secondary N) is 1.